The number of aromatic nitrogens is 4. The largest absolute Gasteiger partial charge is 0.461 e. The summed E-state index contributed by atoms with van der Waals surface area (Å²) in [5, 5.41) is 17.3. The number of hydrogen-bond acceptors (Lipinski definition) is 7. The lowest BCUT2D eigenvalue weighted by atomic mass is 10.0. The number of benzene rings is 1. The van der Waals surface area contributed by atoms with Crippen LogP contribution in [0.1, 0.15) is 29.4 Å². The highest BCUT2D eigenvalue weighted by atomic mass is 16.5. The Balaban J connectivity index is 1.72. The first-order valence-electron chi connectivity index (χ1n) is 10.1. The van der Waals surface area contributed by atoms with Crippen molar-refractivity contribution >= 4 is 11.9 Å². The van der Waals surface area contributed by atoms with Gasteiger partial charge >= 0.3 is 5.97 Å². The van der Waals surface area contributed by atoms with Crippen LogP contribution in [0.3, 0.4) is 0 Å². The highest BCUT2D eigenvalue weighted by Gasteiger charge is 2.42. The van der Waals surface area contributed by atoms with Gasteiger partial charge in [-0.1, -0.05) is 24.0 Å². The number of likely N-dealkylation sites (tertiary alicyclic amines) is 1. The van der Waals surface area contributed by atoms with E-state index in [0.29, 0.717) is 34.9 Å². The number of amides is 1. The van der Waals surface area contributed by atoms with Gasteiger partial charge in [0.05, 0.1) is 18.0 Å². The number of esters is 1. The fraction of sp³-hybridized carbons (Fsp3) is 0.261. The highest BCUT2D eigenvalue weighted by molar-refractivity contribution is 5.90. The molecule has 9 heteroatoms. The molecule has 0 spiro atoms. The van der Waals surface area contributed by atoms with Gasteiger partial charge < -0.3 is 14.7 Å². The molecule has 1 aliphatic rings. The molecule has 1 aromatic carbocycles. The summed E-state index contributed by atoms with van der Waals surface area (Å²) in [6.07, 6.45) is 1.84. The van der Waals surface area contributed by atoms with E-state index in [1.165, 1.54) is 11.0 Å². The monoisotopic (exact) mass is 431 g/mol. The lowest BCUT2D eigenvalue weighted by Crippen LogP contribution is -2.37. The van der Waals surface area contributed by atoms with Crippen molar-refractivity contribution in [3.8, 4) is 34.6 Å². The van der Waals surface area contributed by atoms with Gasteiger partial charge in [-0.3, -0.25) is 9.89 Å². The van der Waals surface area contributed by atoms with Crippen LogP contribution in [-0.2, 0) is 9.53 Å². The lowest BCUT2D eigenvalue weighted by Gasteiger charge is -2.13. The van der Waals surface area contributed by atoms with E-state index < -0.39 is 17.5 Å². The van der Waals surface area contributed by atoms with Crippen molar-refractivity contribution in [3.63, 3.8) is 0 Å². The second-order valence-corrected chi connectivity index (χ2v) is 7.32. The fourth-order valence-corrected chi connectivity index (χ4v) is 3.30. The second-order valence-electron chi connectivity index (χ2n) is 7.32. The van der Waals surface area contributed by atoms with Crippen molar-refractivity contribution in [2.45, 2.75) is 18.9 Å². The van der Waals surface area contributed by atoms with Crippen LogP contribution < -0.4 is 0 Å². The van der Waals surface area contributed by atoms with Crippen LogP contribution in [-0.4, -0.2) is 67.8 Å². The number of aromatic amines is 1. The summed E-state index contributed by atoms with van der Waals surface area (Å²) in [5.74, 6) is 4.92. The number of hydrogen-bond donors (Lipinski definition) is 2. The summed E-state index contributed by atoms with van der Waals surface area (Å²) < 4.78 is 5.10. The first-order valence-corrected chi connectivity index (χ1v) is 10.1. The standard InChI is InChI=1S/C23H21N5O4/c1-3-32-21(29)19-14-18(17-8-11-24-27-17)25-20(26-19)16-6-4-5-15(13-16)7-9-23(31)10-12-28(2)22(23)30/h4-6,8,11,13-14,31H,3,10,12H2,1-2H3,(H,24,27)/t23-/m0/s1. The minimum atomic E-state index is -1.68. The zero-order valence-electron chi connectivity index (χ0n) is 17.6. The molecule has 2 N–H and O–H groups in total. The molecule has 2 aromatic heterocycles. The summed E-state index contributed by atoms with van der Waals surface area (Å²) in [5.41, 5.74) is 0.741. The third kappa shape index (κ3) is 4.22. The molecule has 32 heavy (non-hydrogen) atoms. The summed E-state index contributed by atoms with van der Waals surface area (Å²) in [6, 6.07) is 10.3. The Kier molecular flexibility index (Phi) is 5.71. The Morgan fingerprint density at radius 3 is 2.84 bits per heavy atom. The van der Waals surface area contributed by atoms with Crippen molar-refractivity contribution in [1.82, 2.24) is 25.1 Å². The van der Waals surface area contributed by atoms with Gasteiger partial charge in [-0.15, -0.1) is 0 Å². The molecule has 4 rings (SSSR count). The van der Waals surface area contributed by atoms with Crippen LogP contribution >= 0.6 is 0 Å². The van der Waals surface area contributed by atoms with Crippen molar-refractivity contribution < 1.29 is 19.4 Å². The van der Waals surface area contributed by atoms with Gasteiger partial charge in [-0.05, 0) is 31.2 Å². The molecule has 0 radical (unpaired) electrons. The predicted octanol–water partition coefficient (Wildman–Crippen LogP) is 1.66. The Morgan fingerprint density at radius 1 is 1.31 bits per heavy atom. The van der Waals surface area contributed by atoms with Crippen molar-refractivity contribution in [3.05, 3.63) is 53.9 Å². The number of nitrogens with zero attached hydrogens (tertiary/aromatic N) is 4. The third-order valence-corrected chi connectivity index (χ3v) is 5.03. The average Bonchev–Trinajstić information content (AvgIpc) is 3.43. The van der Waals surface area contributed by atoms with E-state index >= 15 is 0 Å². The van der Waals surface area contributed by atoms with Crippen LogP contribution in [0.15, 0.2) is 42.6 Å². The Hall–Kier alpha value is -4.03. The minimum absolute atomic E-state index is 0.117. The van der Waals surface area contributed by atoms with Crippen LogP contribution in [0, 0.1) is 11.8 Å². The number of carbonyl (C=O) groups is 2. The van der Waals surface area contributed by atoms with Gasteiger partial charge in [0.2, 0.25) is 5.60 Å². The quantitative estimate of drug-likeness (QED) is 0.476. The summed E-state index contributed by atoms with van der Waals surface area (Å²) in [6.45, 7) is 2.40. The molecule has 1 amide bonds. The SMILES string of the molecule is CCOC(=O)c1cc(-c2ccn[nH]2)nc(-c2cccc(C#C[C@]3(O)CCN(C)C3=O)c2)n1. The predicted molar refractivity (Wildman–Crippen MR) is 115 cm³/mol. The zero-order valence-corrected chi connectivity index (χ0v) is 17.6. The van der Waals surface area contributed by atoms with Crippen molar-refractivity contribution in [1.29, 1.82) is 0 Å². The normalized spacial score (nSPS) is 17.7. The minimum Gasteiger partial charge on any atom is -0.461 e. The van der Waals surface area contributed by atoms with E-state index in [1.807, 2.05) is 0 Å². The molecule has 162 valence electrons. The molecular formula is C23H21N5O4. The number of aliphatic hydroxyl groups is 1. The molecule has 0 aliphatic carbocycles. The van der Waals surface area contributed by atoms with Crippen LogP contribution in [0.2, 0.25) is 0 Å². The molecule has 0 unspecified atom stereocenters. The van der Waals surface area contributed by atoms with Gasteiger partial charge in [0, 0.05) is 37.3 Å². The van der Waals surface area contributed by atoms with E-state index in [2.05, 4.69) is 32.0 Å². The first-order chi connectivity index (χ1) is 15.4. The van der Waals surface area contributed by atoms with Crippen LogP contribution in [0.5, 0.6) is 0 Å². The Labute approximate surface area is 184 Å². The molecule has 3 heterocycles. The first kappa shape index (κ1) is 21.2. The number of ether oxygens (including phenoxy) is 1. The Morgan fingerprint density at radius 2 is 2.16 bits per heavy atom. The number of H-pyrrole nitrogens is 1. The van der Waals surface area contributed by atoms with E-state index in [4.69, 9.17) is 4.74 Å². The van der Waals surface area contributed by atoms with Crippen LogP contribution in [0.25, 0.3) is 22.8 Å². The Bertz CT molecular complexity index is 1230. The molecule has 1 atom stereocenters. The van der Waals surface area contributed by atoms with E-state index in [1.54, 1.807) is 50.5 Å². The molecule has 1 fully saturated rings. The maximum atomic E-state index is 12.3. The molecule has 0 bridgehead atoms. The lowest BCUT2D eigenvalue weighted by molar-refractivity contribution is -0.137. The third-order valence-electron chi connectivity index (χ3n) is 5.03. The maximum absolute atomic E-state index is 12.3. The maximum Gasteiger partial charge on any atom is 0.357 e. The number of nitrogens with one attached hydrogen (secondary N) is 1. The van der Waals surface area contributed by atoms with Gasteiger partial charge in [-0.2, -0.15) is 5.10 Å². The van der Waals surface area contributed by atoms with E-state index in [0.717, 1.165) is 0 Å². The van der Waals surface area contributed by atoms with E-state index in [-0.39, 0.29) is 18.7 Å². The molecule has 1 aliphatic heterocycles. The van der Waals surface area contributed by atoms with Crippen molar-refractivity contribution in [2.24, 2.45) is 0 Å². The molecule has 1 saturated heterocycles. The van der Waals surface area contributed by atoms with Gasteiger partial charge in [0.1, 0.15) is 0 Å². The second kappa shape index (κ2) is 8.61. The molecule has 0 saturated carbocycles. The van der Waals surface area contributed by atoms with Crippen molar-refractivity contribution in [2.75, 3.05) is 20.2 Å². The summed E-state index contributed by atoms with van der Waals surface area (Å²) in [7, 11) is 1.63. The topological polar surface area (TPSA) is 121 Å². The average molecular weight is 431 g/mol. The smallest absolute Gasteiger partial charge is 0.357 e. The van der Waals surface area contributed by atoms with Gasteiger partial charge in [0.25, 0.3) is 5.91 Å². The summed E-state index contributed by atoms with van der Waals surface area (Å²) in [4.78, 5) is 34.9. The van der Waals surface area contributed by atoms with Crippen LogP contribution in [0.4, 0.5) is 0 Å². The van der Waals surface area contributed by atoms with Gasteiger partial charge in [-0.25, -0.2) is 14.8 Å². The fourth-order valence-electron chi connectivity index (χ4n) is 3.30. The highest BCUT2D eigenvalue weighted by Crippen LogP contribution is 2.23. The molecule has 9 nitrogen and oxygen atoms in total. The summed E-state index contributed by atoms with van der Waals surface area (Å²) >= 11 is 0. The number of carbonyl (C=O) groups excluding carboxylic acids is 2. The zero-order chi connectivity index (χ0) is 22.7. The number of likely N-dealkylation sites (N-methyl/N-ethyl adjacent to an activating group) is 1. The van der Waals surface area contributed by atoms with Gasteiger partial charge in [0.15, 0.2) is 11.5 Å². The molecule has 3 aromatic rings. The number of rotatable bonds is 4. The molecular weight excluding hydrogens is 410 g/mol. The van der Waals surface area contributed by atoms with E-state index in [9.17, 15) is 14.7 Å².